The van der Waals surface area contributed by atoms with E-state index in [0.29, 0.717) is 18.2 Å². The van der Waals surface area contributed by atoms with Crippen LogP contribution in [0.3, 0.4) is 0 Å². The van der Waals surface area contributed by atoms with Crippen LogP contribution in [0.5, 0.6) is 5.88 Å². The summed E-state index contributed by atoms with van der Waals surface area (Å²) in [6.45, 7) is 2.42. The molecule has 0 radical (unpaired) electrons. The molecule has 4 nitrogen and oxygen atoms in total. The van der Waals surface area contributed by atoms with Gasteiger partial charge in [0.15, 0.2) is 0 Å². The van der Waals surface area contributed by atoms with E-state index in [0.717, 1.165) is 0 Å². The predicted octanol–water partition coefficient (Wildman–Crippen LogP) is 1.08. The average Bonchev–Trinajstić information content (AvgIpc) is 2.09. The molecule has 0 saturated heterocycles. The highest BCUT2D eigenvalue weighted by Gasteiger charge is 2.06. The molecule has 0 aliphatic carbocycles. The van der Waals surface area contributed by atoms with Gasteiger partial charge in [-0.05, 0) is 19.1 Å². The molecule has 0 aromatic carbocycles. The van der Waals surface area contributed by atoms with E-state index < -0.39 is 0 Å². The molecule has 0 fully saturated rings. The molecule has 0 aliphatic rings. The first-order chi connectivity index (χ1) is 6.24. The van der Waals surface area contributed by atoms with Crippen molar-refractivity contribution in [2.75, 3.05) is 19.5 Å². The number of pyridine rings is 1. The smallest absolute Gasteiger partial charge is 0.237 e. The number of aromatic nitrogens is 1. The summed E-state index contributed by atoms with van der Waals surface area (Å²) in [5, 5.41) is 0. The van der Waals surface area contributed by atoms with Crippen LogP contribution in [0.2, 0.25) is 0 Å². The number of methoxy groups -OCH3 is 1. The quantitative estimate of drug-likeness (QED) is 0.757. The van der Waals surface area contributed by atoms with E-state index >= 15 is 0 Å². The third-order valence-corrected chi connectivity index (χ3v) is 1.51. The van der Waals surface area contributed by atoms with E-state index in [9.17, 15) is 0 Å². The summed E-state index contributed by atoms with van der Waals surface area (Å²) in [7, 11) is 1.63. The van der Waals surface area contributed by atoms with E-state index in [1.165, 1.54) is 0 Å². The molecule has 1 aromatic heterocycles. The van der Waals surface area contributed by atoms with Crippen LogP contribution < -0.4 is 10.5 Å². The van der Waals surface area contributed by atoms with Crippen molar-refractivity contribution in [1.82, 2.24) is 4.98 Å². The van der Waals surface area contributed by atoms with Crippen LogP contribution in [0, 0.1) is 0 Å². The second-order valence-electron chi connectivity index (χ2n) is 2.78. The van der Waals surface area contributed by atoms with Crippen molar-refractivity contribution in [3.63, 3.8) is 0 Å². The number of hydrogen-bond acceptors (Lipinski definition) is 4. The topological polar surface area (TPSA) is 57.4 Å². The summed E-state index contributed by atoms with van der Waals surface area (Å²) in [5.41, 5.74) is 6.18. The Morgan fingerprint density at radius 1 is 1.62 bits per heavy atom. The summed E-state index contributed by atoms with van der Waals surface area (Å²) < 4.78 is 10.3. The normalized spacial score (nSPS) is 12.5. The Kier molecular flexibility index (Phi) is 3.52. The van der Waals surface area contributed by atoms with Crippen LogP contribution >= 0.6 is 0 Å². The lowest BCUT2D eigenvalue weighted by Gasteiger charge is -2.13. The van der Waals surface area contributed by atoms with Crippen molar-refractivity contribution in [3.8, 4) is 5.88 Å². The SMILES string of the molecule is COCC(C)Oc1ncccc1N. The third-order valence-electron chi connectivity index (χ3n) is 1.51. The highest BCUT2D eigenvalue weighted by molar-refractivity contribution is 5.46. The summed E-state index contributed by atoms with van der Waals surface area (Å²) in [4.78, 5) is 4.00. The van der Waals surface area contributed by atoms with E-state index in [-0.39, 0.29) is 6.10 Å². The zero-order valence-corrected chi connectivity index (χ0v) is 7.86. The molecule has 72 valence electrons. The van der Waals surface area contributed by atoms with E-state index in [2.05, 4.69) is 4.98 Å². The Morgan fingerprint density at radius 2 is 2.38 bits per heavy atom. The highest BCUT2D eigenvalue weighted by Crippen LogP contribution is 2.17. The lowest BCUT2D eigenvalue weighted by molar-refractivity contribution is 0.0895. The first-order valence-electron chi connectivity index (χ1n) is 4.10. The van der Waals surface area contributed by atoms with E-state index in [4.69, 9.17) is 15.2 Å². The maximum Gasteiger partial charge on any atom is 0.237 e. The fourth-order valence-electron chi connectivity index (χ4n) is 0.961. The molecule has 1 heterocycles. The lowest BCUT2D eigenvalue weighted by atomic mass is 10.4. The molecule has 0 aliphatic heterocycles. The number of anilines is 1. The first-order valence-corrected chi connectivity index (χ1v) is 4.10. The minimum Gasteiger partial charge on any atom is -0.471 e. The Labute approximate surface area is 77.7 Å². The average molecular weight is 182 g/mol. The number of nitrogens with zero attached hydrogens (tertiary/aromatic N) is 1. The minimum atomic E-state index is -0.0396. The zero-order valence-electron chi connectivity index (χ0n) is 7.86. The van der Waals surface area contributed by atoms with Crippen molar-refractivity contribution in [2.45, 2.75) is 13.0 Å². The largest absolute Gasteiger partial charge is 0.471 e. The monoisotopic (exact) mass is 182 g/mol. The lowest BCUT2D eigenvalue weighted by Crippen LogP contribution is -2.19. The molecule has 1 rings (SSSR count). The van der Waals surface area contributed by atoms with Crippen LogP contribution in [-0.2, 0) is 4.74 Å². The zero-order chi connectivity index (χ0) is 9.68. The van der Waals surface area contributed by atoms with Gasteiger partial charge in [0.25, 0.3) is 0 Å². The molecule has 1 atom stereocenters. The summed E-state index contributed by atoms with van der Waals surface area (Å²) >= 11 is 0. The van der Waals surface area contributed by atoms with Crippen molar-refractivity contribution in [1.29, 1.82) is 0 Å². The summed E-state index contributed by atoms with van der Waals surface area (Å²) in [6.07, 6.45) is 1.60. The molecular formula is C9H14N2O2. The molecule has 0 amide bonds. The van der Waals surface area contributed by atoms with Gasteiger partial charge in [-0.25, -0.2) is 4.98 Å². The number of nitrogens with two attached hydrogens (primary N) is 1. The maximum absolute atomic E-state index is 5.64. The van der Waals surface area contributed by atoms with Gasteiger partial charge in [0.05, 0.1) is 12.3 Å². The van der Waals surface area contributed by atoms with Gasteiger partial charge in [-0.3, -0.25) is 0 Å². The van der Waals surface area contributed by atoms with Gasteiger partial charge in [0.2, 0.25) is 5.88 Å². The third kappa shape index (κ3) is 2.91. The Bertz CT molecular complexity index is 266. The minimum absolute atomic E-state index is 0.0396. The van der Waals surface area contributed by atoms with Crippen LogP contribution in [0.25, 0.3) is 0 Å². The first kappa shape index (κ1) is 9.80. The number of ether oxygens (including phenoxy) is 2. The van der Waals surface area contributed by atoms with Crippen LogP contribution in [0.15, 0.2) is 18.3 Å². The summed E-state index contributed by atoms with van der Waals surface area (Å²) in [5.74, 6) is 0.465. The van der Waals surface area contributed by atoms with Crippen molar-refractivity contribution in [3.05, 3.63) is 18.3 Å². The molecule has 13 heavy (non-hydrogen) atoms. The second-order valence-corrected chi connectivity index (χ2v) is 2.78. The van der Waals surface area contributed by atoms with Gasteiger partial charge in [-0.15, -0.1) is 0 Å². The van der Waals surface area contributed by atoms with Gasteiger partial charge in [0, 0.05) is 13.3 Å². The fourth-order valence-corrected chi connectivity index (χ4v) is 0.961. The Hall–Kier alpha value is -1.29. The van der Waals surface area contributed by atoms with E-state index in [1.54, 1.807) is 25.4 Å². The molecule has 0 bridgehead atoms. The standard InChI is InChI=1S/C9H14N2O2/c1-7(6-12-2)13-9-8(10)4-3-5-11-9/h3-5,7H,6,10H2,1-2H3. The van der Waals surface area contributed by atoms with Gasteiger partial charge in [-0.1, -0.05) is 0 Å². The van der Waals surface area contributed by atoms with Crippen molar-refractivity contribution < 1.29 is 9.47 Å². The van der Waals surface area contributed by atoms with Gasteiger partial charge in [0.1, 0.15) is 6.10 Å². The summed E-state index contributed by atoms with van der Waals surface area (Å²) in [6, 6.07) is 3.52. The Balaban J connectivity index is 2.58. The fraction of sp³-hybridized carbons (Fsp3) is 0.444. The second kappa shape index (κ2) is 4.67. The molecular weight excluding hydrogens is 168 g/mol. The van der Waals surface area contributed by atoms with Crippen LogP contribution in [-0.4, -0.2) is 24.8 Å². The predicted molar refractivity (Wildman–Crippen MR) is 50.6 cm³/mol. The van der Waals surface area contributed by atoms with Gasteiger partial charge < -0.3 is 15.2 Å². The molecule has 2 N–H and O–H groups in total. The maximum atomic E-state index is 5.64. The van der Waals surface area contributed by atoms with Gasteiger partial charge >= 0.3 is 0 Å². The molecule has 0 saturated carbocycles. The Morgan fingerprint density at radius 3 is 3.00 bits per heavy atom. The number of nitrogen functional groups attached to an aromatic ring is 1. The van der Waals surface area contributed by atoms with Crippen molar-refractivity contribution in [2.24, 2.45) is 0 Å². The molecule has 1 unspecified atom stereocenters. The molecule has 0 spiro atoms. The number of rotatable bonds is 4. The van der Waals surface area contributed by atoms with Crippen LogP contribution in [0.4, 0.5) is 5.69 Å². The van der Waals surface area contributed by atoms with Crippen LogP contribution in [0.1, 0.15) is 6.92 Å². The molecule has 4 heteroatoms. The van der Waals surface area contributed by atoms with Crippen molar-refractivity contribution >= 4 is 5.69 Å². The van der Waals surface area contributed by atoms with Gasteiger partial charge in [-0.2, -0.15) is 0 Å². The number of hydrogen-bond donors (Lipinski definition) is 1. The highest BCUT2D eigenvalue weighted by atomic mass is 16.5. The van der Waals surface area contributed by atoms with E-state index in [1.807, 2.05) is 6.92 Å². The molecule has 1 aromatic rings.